The van der Waals surface area contributed by atoms with Crippen LogP contribution >= 0.6 is 0 Å². The largest absolute Gasteiger partial charge is 0.329 e. The molecule has 0 amide bonds. The molecule has 0 aliphatic heterocycles. The van der Waals surface area contributed by atoms with E-state index in [0.29, 0.717) is 24.8 Å². The number of non-ortho nitro benzene ring substituents is 1. The molecule has 0 aromatic heterocycles. The number of nitrogens with two attached hydrogens (primary N) is 1. The molecule has 1 aromatic rings. The molecule has 1 saturated carbocycles. The standard InChI is InChI=1S/C14H21N3O4S/c1-2-11-5-6-12(17(18)19)9-13(11)22(20,21)16-14(10-15)7-3-4-8-14/h5-6,9,16H,2-4,7-8,10,15H2,1H3. The fraction of sp³-hybridized carbons (Fsp3) is 0.571. The Morgan fingerprint density at radius 1 is 1.36 bits per heavy atom. The molecule has 1 aromatic carbocycles. The van der Waals surface area contributed by atoms with Gasteiger partial charge in [-0.05, 0) is 24.8 Å². The average molecular weight is 327 g/mol. The fourth-order valence-electron chi connectivity index (χ4n) is 2.94. The first kappa shape index (κ1) is 16.9. The lowest BCUT2D eigenvalue weighted by molar-refractivity contribution is -0.385. The van der Waals surface area contributed by atoms with Crippen LogP contribution in [-0.2, 0) is 16.4 Å². The minimum Gasteiger partial charge on any atom is -0.329 e. The van der Waals surface area contributed by atoms with Crippen molar-refractivity contribution in [2.75, 3.05) is 6.54 Å². The summed E-state index contributed by atoms with van der Waals surface area (Å²) in [6.45, 7) is 2.04. The molecule has 3 N–H and O–H groups in total. The van der Waals surface area contributed by atoms with Gasteiger partial charge >= 0.3 is 0 Å². The molecule has 122 valence electrons. The van der Waals surface area contributed by atoms with Gasteiger partial charge in [-0.2, -0.15) is 0 Å². The molecule has 0 spiro atoms. The second kappa shape index (κ2) is 6.31. The summed E-state index contributed by atoms with van der Waals surface area (Å²) < 4.78 is 28.1. The highest BCUT2D eigenvalue weighted by atomic mass is 32.2. The van der Waals surface area contributed by atoms with Crippen molar-refractivity contribution in [1.29, 1.82) is 0 Å². The summed E-state index contributed by atoms with van der Waals surface area (Å²) >= 11 is 0. The summed E-state index contributed by atoms with van der Waals surface area (Å²) in [5, 5.41) is 10.9. The van der Waals surface area contributed by atoms with Crippen LogP contribution in [0.4, 0.5) is 5.69 Å². The minimum atomic E-state index is -3.85. The second-order valence-electron chi connectivity index (χ2n) is 5.70. The van der Waals surface area contributed by atoms with Gasteiger partial charge in [0.2, 0.25) is 10.0 Å². The van der Waals surface area contributed by atoms with E-state index in [1.54, 1.807) is 0 Å². The molecule has 1 aliphatic carbocycles. The zero-order valence-electron chi connectivity index (χ0n) is 12.5. The average Bonchev–Trinajstić information content (AvgIpc) is 2.94. The van der Waals surface area contributed by atoms with Gasteiger partial charge in [-0.1, -0.05) is 25.8 Å². The van der Waals surface area contributed by atoms with Gasteiger partial charge in [-0.3, -0.25) is 10.1 Å². The van der Waals surface area contributed by atoms with Crippen molar-refractivity contribution in [3.05, 3.63) is 33.9 Å². The van der Waals surface area contributed by atoms with Crippen molar-refractivity contribution in [2.45, 2.75) is 49.5 Å². The molecule has 0 heterocycles. The number of benzene rings is 1. The van der Waals surface area contributed by atoms with Crippen LogP contribution in [0.5, 0.6) is 0 Å². The van der Waals surface area contributed by atoms with Crippen LogP contribution in [-0.4, -0.2) is 25.4 Å². The van der Waals surface area contributed by atoms with E-state index in [1.807, 2.05) is 6.92 Å². The molecule has 0 unspecified atom stereocenters. The summed E-state index contributed by atoms with van der Waals surface area (Å²) in [5.41, 5.74) is 5.46. The van der Waals surface area contributed by atoms with Crippen LogP contribution in [0.25, 0.3) is 0 Å². The van der Waals surface area contributed by atoms with E-state index in [9.17, 15) is 18.5 Å². The normalized spacial score (nSPS) is 17.5. The Morgan fingerprint density at radius 3 is 2.50 bits per heavy atom. The quantitative estimate of drug-likeness (QED) is 0.609. The van der Waals surface area contributed by atoms with E-state index < -0.39 is 20.5 Å². The van der Waals surface area contributed by atoms with E-state index in [2.05, 4.69) is 4.72 Å². The Morgan fingerprint density at radius 2 is 2.00 bits per heavy atom. The van der Waals surface area contributed by atoms with Crippen LogP contribution in [0.3, 0.4) is 0 Å². The molecule has 0 radical (unpaired) electrons. The Hall–Kier alpha value is -1.51. The van der Waals surface area contributed by atoms with Crippen molar-refractivity contribution >= 4 is 15.7 Å². The third-order valence-electron chi connectivity index (χ3n) is 4.23. The minimum absolute atomic E-state index is 0.0241. The van der Waals surface area contributed by atoms with Crippen LogP contribution in [0, 0.1) is 10.1 Å². The van der Waals surface area contributed by atoms with E-state index >= 15 is 0 Å². The molecular weight excluding hydrogens is 306 g/mol. The van der Waals surface area contributed by atoms with Gasteiger partial charge in [-0.15, -0.1) is 0 Å². The SMILES string of the molecule is CCc1ccc([N+](=O)[O-])cc1S(=O)(=O)NC1(CN)CCCC1. The predicted molar refractivity (Wildman–Crippen MR) is 83.0 cm³/mol. The summed E-state index contributed by atoms with van der Waals surface area (Å²) in [6, 6.07) is 3.95. The second-order valence-corrected chi connectivity index (χ2v) is 7.35. The number of nitro groups is 1. The third kappa shape index (κ3) is 3.29. The van der Waals surface area contributed by atoms with E-state index in [-0.39, 0.29) is 17.1 Å². The molecular formula is C14H21N3O4S. The Kier molecular flexibility index (Phi) is 4.84. The molecule has 0 bridgehead atoms. The highest BCUT2D eigenvalue weighted by Crippen LogP contribution is 2.31. The number of aryl methyl sites for hydroxylation is 1. The first-order valence-corrected chi connectivity index (χ1v) is 8.83. The lowest BCUT2D eigenvalue weighted by Gasteiger charge is -2.28. The smallest absolute Gasteiger partial charge is 0.270 e. The number of hydrogen-bond acceptors (Lipinski definition) is 5. The van der Waals surface area contributed by atoms with Gasteiger partial charge in [-0.25, -0.2) is 13.1 Å². The monoisotopic (exact) mass is 327 g/mol. The number of nitrogens with zero attached hydrogens (tertiary/aromatic N) is 1. The lowest BCUT2D eigenvalue weighted by atomic mass is 10.0. The molecule has 22 heavy (non-hydrogen) atoms. The summed E-state index contributed by atoms with van der Waals surface area (Å²) in [5.74, 6) is 0. The van der Waals surface area contributed by atoms with Crippen molar-refractivity contribution < 1.29 is 13.3 Å². The first-order chi connectivity index (χ1) is 10.3. The third-order valence-corrected chi connectivity index (χ3v) is 5.90. The highest BCUT2D eigenvalue weighted by molar-refractivity contribution is 7.89. The van der Waals surface area contributed by atoms with Gasteiger partial charge in [0.1, 0.15) is 0 Å². The highest BCUT2D eigenvalue weighted by Gasteiger charge is 2.37. The molecule has 1 fully saturated rings. The van der Waals surface area contributed by atoms with E-state index in [4.69, 9.17) is 5.73 Å². The topological polar surface area (TPSA) is 115 Å². The molecule has 2 rings (SSSR count). The van der Waals surface area contributed by atoms with Crippen LogP contribution < -0.4 is 10.5 Å². The van der Waals surface area contributed by atoms with Crippen molar-refractivity contribution in [2.24, 2.45) is 5.73 Å². The summed E-state index contributed by atoms with van der Waals surface area (Å²) in [6.07, 6.45) is 3.71. The van der Waals surface area contributed by atoms with Crippen molar-refractivity contribution in [3.63, 3.8) is 0 Å². The van der Waals surface area contributed by atoms with Crippen LogP contribution in [0.15, 0.2) is 23.1 Å². The predicted octanol–water partition coefficient (Wildman–Crippen LogP) is 1.71. The number of nitro benzene ring substituents is 1. The van der Waals surface area contributed by atoms with Crippen LogP contribution in [0.1, 0.15) is 38.2 Å². The molecule has 7 nitrogen and oxygen atoms in total. The molecule has 0 atom stereocenters. The van der Waals surface area contributed by atoms with Crippen molar-refractivity contribution in [1.82, 2.24) is 4.72 Å². The summed E-state index contributed by atoms with van der Waals surface area (Å²) in [4.78, 5) is 10.3. The maximum atomic E-state index is 12.7. The molecule has 8 heteroatoms. The maximum Gasteiger partial charge on any atom is 0.270 e. The fourth-order valence-corrected chi connectivity index (χ4v) is 4.74. The Labute approximate surface area is 130 Å². The van der Waals surface area contributed by atoms with Gasteiger partial charge in [0.05, 0.1) is 9.82 Å². The van der Waals surface area contributed by atoms with Gasteiger partial charge < -0.3 is 5.73 Å². The van der Waals surface area contributed by atoms with Crippen LogP contribution in [0.2, 0.25) is 0 Å². The first-order valence-electron chi connectivity index (χ1n) is 7.35. The number of rotatable bonds is 6. The van der Waals surface area contributed by atoms with Crippen molar-refractivity contribution in [3.8, 4) is 0 Å². The van der Waals surface area contributed by atoms with Gasteiger partial charge in [0, 0.05) is 24.2 Å². The Bertz CT molecular complexity index is 667. The number of nitrogens with one attached hydrogen (secondary N) is 1. The number of sulfonamides is 1. The van der Waals surface area contributed by atoms with Gasteiger partial charge in [0.15, 0.2) is 0 Å². The molecule has 1 aliphatic rings. The molecule has 0 saturated heterocycles. The lowest BCUT2D eigenvalue weighted by Crippen LogP contribution is -2.51. The summed E-state index contributed by atoms with van der Waals surface area (Å²) in [7, 11) is -3.85. The Balaban J connectivity index is 2.43. The van der Waals surface area contributed by atoms with Gasteiger partial charge in [0.25, 0.3) is 5.69 Å². The van der Waals surface area contributed by atoms with E-state index in [1.165, 1.54) is 12.1 Å². The van der Waals surface area contributed by atoms with E-state index in [0.717, 1.165) is 18.9 Å². The zero-order chi connectivity index (χ0) is 16.4. The maximum absolute atomic E-state index is 12.7. The number of hydrogen-bond donors (Lipinski definition) is 2. The zero-order valence-corrected chi connectivity index (χ0v) is 13.4.